The molecule has 0 aliphatic heterocycles. The van der Waals surface area contributed by atoms with Crippen LogP contribution in [-0.2, 0) is 0 Å². The van der Waals surface area contributed by atoms with Gasteiger partial charge in [0.25, 0.3) is 0 Å². The van der Waals surface area contributed by atoms with Crippen molar-refractivity contribution in [2.24, 2.45) is 0 Å². The van der Waals surface area contributed by atoms with Crippen LogP contribution in [0.25, 0.3) is 17.1 Å². The van der Waals surface area contributed by atoms with Crippen LogP contribution in [0.1, 0.15) is 21.5 Å². The number of aromatic nitrogens is 2. The molecule has 21 heavy (non-hydrogen) atoms. The summed E-state index contributed by atoms with van der Waals surface area (Å²) in [6, 6.07) is 9.35. The van der Waals surface area contributed by atoms with E-state index in [9.17, 15) is 9.90 Å². The highest BCUT2D eigenvalue weighted by Crippen LogP contribution is 2.29. The Balaban J connectivity index is 2.32. The molecule has 2 aromatic heterocycles. The number of carboxylic acid groups (broad SMARTS) is 1. The smallest absolute Gasteiger partial charge is 0.339 e. The second kappa shape index (κ2) is 4.94. The van der Waals surface area contributed by atoms with E-state index in [2.05, 4.69) is 5.10 Å². The molecule has 0 amide bonds. The summed E-state index contributed by atoms with van der Waals surface area (Å²) in [7, 11) is 0. The van der Waals surface area contributed by atoms with Gasteiger partial charge in [-0.3, -0.25) is 0 Å². The minimum Gasteiger partial charge on any atom is -0.478 e. The SMILES string of the molecule is Cc1cccc(C)c1-n1ncc(C(=O)O)c1-c1ccco1. The van der Waals surface area contributed by atoms with Crippen LogP contribution in [0.3, 0.4) is 0 Å². The molecular weight excluding hydrogens is 268 g/mol. The third-order valence-electron chi connectivity index (χ3n) is 3.41. The van der Waals surface area contributed by atoms with E-state index in [1.165, 1.54) is 12.5 Å². The van der Waals surface area contributed by atoms with Gasteiger partial charge in [0.2, 0.25) is 0 Å². The van der Waals surface area contributed by atoms with Crippen molar-refractivity contribution >= 4 is 5.97 Å². The van der Waals surface area contributed by atoms with Crippen LogP contribution >= 0.6 is 0 Å². The molecule has 5 nitrogen and oxygen atoms in total. The van der Waals surface area contributed by atoms with Crippen LogP contribution in [0.2, 0.25) is 0 Å². The first-order valence-electron chi connectivity index (χ1n) is 6.51. The summed E-state index contributed by atoms with van der Waals surface area (Å²) in [4.78, 5) is 11.4. The van der Waals surface area contributed by atoms with Crippen molar-refractivity contribution in [2.75, 3.05) is 0 Å². The van der Waals surface area contributed by atoms with E-state index in [-0.39, 0.29) is 5.56 Å². The van der Waals surface area contributed by atoms with Crippen molar-refractivity contribution in [3.05, 3.63) is 59.5 Å². The van der Waals surface area contributed by atoms with Gasteiger partial charge in [-0.1, -0.05) is 18.2 Å². The lowest BCUT2D eigenvalue weighted by Crippen LogP contribution is -2.05. The quantitative estimate of drug-likeness (QED) is 0.799. The molecular formula is C16H14N2O3. The molecule has 0 unspecified atom stereocenters. The van der Waals surface area contributed by atoms with Crippen molar-refractivity contribution in [2.45, 2.75) is 13.8 Å². The van der Waals surface area contributed by atoms with Crippen LogP contribution in [-0.4, -0.2) is 20.9 Å². The Morgan fingerprint density at radius 3 is 2.48 bits per heavy atom. The molecule has 2 heterocycles. The Kier molecular flexibility index (Phi) is 3.10. The number of hydrogen-bond acceptors (Lipinski definition) is 3. The summed E-state index contributed by atoms with van der Waals surface area (Å²) in [6.07, 6.45) is 2.87. The number of para-hydroxylation sites is 1. The van der Waals surface area contributed by atoms with Crippen molar-refractivity contribution < 1.29 is 14.3 Å². The summed E-state index contributed by atoms with van der Waals surface area (Å²) in [5.41, 5.74) is 3.47. The fourth-order valence-electron chi connectivity index (χ4n) is 2.46. The predicted molar refractivity (Wildman–Crippen MR) is 77.7 cm³/mol. The van der Waals surface area contributed by atoms with E-state index in [4.69, 9.17) is 4.42 Å². The van der Waals surface area contributed by atoms with Crippen LogP contribution in [0.4, 0.5) is 0 Å². The Morgan fingerprint density at radius 1 is 1.19 bits per heavy atom. The van der Waals surface area contributed by atoms with Crippen LogP contribution in [0.15, 0.2) is 47.2 Å². The van der Waals surface area contributed by atoms with E-state index in [1.807, 2.05) is 32.0 Å². The Bertz CT molecular complexity index is 781. The maximum absolute atomic E-state index is 11.4. The molecule has 0 aliphatic rings. The van der Waals surface area contributed by atoms with Crippen LogP contribution in [0.5, 0.6) is 0 Å². The van der Waals surface area contributed by atoms with Crippen molar-refractivity contribution in [3.8, 4) is 17.1 Å². The number of aromatic carboxylic acids is 1. The summed E-state index contributed by atoms with van der Waals surface area (Å²) in [6.45, 7) is 3.94. The van der Waals surface area contributed by atoms with E-state index < -0.39 is 5.97 Å². The summed E-state index contributed by atoms with van der Waals surface area (Å²) in [5.74, 6) is -0.550. The standard InChI is InChI=1S/C16H14N2O3/c1-10-5-3-6-11(2)14(10)18-15(13-7-4-8-21-13)12(9-17-18)16(19)20/h3-9H,1-2H3,(H,19,20). The molecule has 3 rings (SSSR count). The third kappa shape index (κ3) is 2.12. The number of hydrogen-bond donors (Lipinski definition) is 1. The molecule has 0 saturated carbocycles. The fourth-order valence-corrected chi connectivity index (χ4v) is 2.46. The molecule has 0 bridgehead atoms. The van der Waals surface area contributed by atoms with Gasteiger partial charge in [-0.15, -0.1) is 0 Å². The van der Waals surface area contributed by atoms with Gasteiger partial charge in [0.15, 0.2) is 5.76 Å². The highest BCUT2D eigenvalue weighted by molar-refractivity contribution is 5.94. The molecule has 0 spiro atoms. The Morgan fingerprint density at radius 2 is 1.90 bits per heavy atom. The largest absolute Gasteiger partial charge is 0.478 e. The third-order valence-corrected chi connectivity index (χ3v) is 3.41. The second-order valence-electron chi connectivity index (χ2n) is 4.84. The lowest BCUT2D eigenvalue weighted by atomic mass is 10.1. The number of rotatable bonds is 3. The number of carbonyl (C=O) groups is 1. The summed E-state index contributed by atoms with van der Waals surface area (Å²) in [5, 5.41) is 13.6. The number of aryl methyl sites for hydroxylation is 2. The molecule has 5 heteroatoms. The number of carboxylic acids is 1. The van der Waals surface area contributed by atoms with Gasteiger partial charge in [-0.2, -0.15) is 5.10 Å². The monoisotopic (exact) mass is 282 g/mol. The zero-order chi connectivity index (χ0) is 15.0. The van der Waals surface area contributed by atoms with Crippen molar-refractivity contribution in [1.82, 2.24) is 9.78 Å². The highest BCUT2D eigenvalue weighted by Gasteiger charge is 2.22. The zero-order valence-corrected chi connectivity index (χ0v) is 11.7. The first-order valence-corrected chi connectivity index (χ1v) is 6.51. The number of nitrogens with zero attached hydrogens (tertiary/aromatic N) is 2. The van der Waals surface area contributed by atoms with E-state index >= 15 is 0 Å². The van der Waals surface area contributed by atoms with Gasteiger partial charge < -0.3 is 9.52 Å². The molecule has 0 fully saturated rings. The van der Waals surface area contributed by atoms with Crippen LogP contribution in [0, 0.1) is 13.8 Å². The predicted octanol–water partition coefficient (Wildman–Crippen LogP) is 3.45. The van der Waals surface area contributed by atoms with Gasteiger partial charge in [-0.05, 0) is 37.1 Å². The molecule has 1 aromatic carbocycles. The van der Waals surface area contributed by atoms with Gasteiger partial charge in [0.1, 0.15) is 11.3 Å². The molecule has 0 atom stereocenters. The van der Waals surface area contributed by atoms with Crippen LogP contribution < -0.4 is 0 Å². The second-order valence-corrected chi connectivity index (χ2v) is 4.84. The summed E-state index contributed by atoms with van der Waals surface area (Å²) >= 11 is 0. The topological polar surface area (TPSA) is 68.3 Å². The van der Waals surface area contributed by atoms with Gasteiger partial charge >= 0.3 is 5.97 Å². The fraction of sp³-hybridized carbons (Fsp3) is 0.125. The van der Waals surface area contributed by atoms with Gasteiger partial charge in [0.05, 0.1) is 18.1 Å². The molecule has 106 valence electrons. The molecule has 0 radical (unpaired) electrons. The maximum atomic E-state index is 11.4. The van der Waals surface area contributed by atoms with E-state index in [0.717, 1.165) is 16.8 Å². The average Bonchev–Trinajstić information content (AvgIpc) is 3.06. The molecule has 1 N–H and O–H groups in total. The Hall–Kier alpha value is -2.82. The van der Waals surface area contributed by atoms with E-state index in [0.29, 0.717) is 11.5 Å². The normalized spacial score (nSPS) is 10.8. The van der Waals surface area contributed by atoms with E-state index in [1.54, 1.807) is 16.8 Å². The maximum Gasteiger partial charge on any atom is 0.339 e. The first kappa shape index (κ1) is 13.2. The Labute approximate surface area is 121 Å². The lowest BCUT2D eigenvalue weighted by molar-refractivity contribution is 0.0697. The zero-order valence-electron chi connectivity index (χ0n) is 11.7. The van der Waals surface area contributed by atoms with Gasteiger partial charge in [-0.25, -0.2) is 9.48 Å². The average molecular weight is 282 g/mol. The highest BCUT2D eigenvalue weighted by atomic mass is 16.4. The van der Waals surface area contributed by atoms with Crippen molar-refractivity contribution in [1.29, 1.82) is 0 Å². The summed E-state index contributed by atoms with van der Waals surface area (Å²) < 4.78 is 7.02. The molecule has 0 saturated heterocycles. The minimum atomic E-state index is -1.03. The molecule has 0 aliphatic carbocycles. The first-order chi connectivity index (χ1) is 10.1. The number of furan rings is 1. The molecule has 3 aromatic rings. The lowest BCUT2D eigenvalue weighted by Gasteiger charge is -2.12. The number of benzene rings is 1. The van der Waals surface area contributed by atoms with Crippen molar-refractivity contribution in [3.63, 3.8) is 0 Å². The van der Waals surface area contributed by atoms with Gasteiger partial charge in [0, 0.05) is 0 Å². The minimum absolute atomic E-state index is 0.118.